The molecule has 1 atom stereocenters. The summed E-state index contributed by atoms with van der Waals surface area (Å²) in [6.07, 6.45) is -3.88. The lowest BCUT2D eigenvalue weighted by Gasteiger charge is -2.23. The Hall–Kier alpha value is -2.25. The van der Waals surface area contributed by atoms with Crippen molar-refractivity contribution in [3.05, 3.63) is 29.8 Å². The molecule has 1 N–H and O–H groups in total. The van der Waals surface area contributed by atoms with Crippen molar-refractivity contribution in [2.24, 2.45) is 0 Å². The lowest BCUT2D eigenvalue weighted by atomic mass is 10.2. The number of benzene rings is 1. The molecule has 1 aliphatic rings. The van der Waals surface area contributed by atoms with Gasteiger partial charge in [-0.15, -0.1) is 0 Å². The predicted octanol–water partition coefficient (Wildman–Crippen LogP) is 2.40. The van der Waals surface area contributed by atoms with Gasteiger partial charge in [-0.3, -0.25) is 4.79 Å². The van der Waals surface area contributed by atoms with E-state index in [1.807, 2.05) is 0 Å². The number of rotatable bonds is 2. The number of anilines is 1. The average Bonchev–Trinajstić information content (AvgIpc) is 2.78. The SMILES string of the molecule is CN1CCC(N(C)C(=O)Nc2ccc(C(F)(F)F)cc2)C1=O. The molecule has 0 spiro atoms. The Bertz CT molecular complexity index is 572. The van der Waals surface area contributed by atoms with Gasteiger partial charge in [-0.1, -0.05) is 0 Å². The Kier molecular flexibility index (Phi) is 4.30. The number of likely N-dealkylation sites (N-methyl/N-ethyl adjacent to an activating group) is 2. The van der Waals surface area contributed by atoms with Gasteiger partial charge in [0.15, 0.2) is 0 Å². The molecule has 1 unspecified atom stereocenters. The van der Waals surface area contributed by atoms with Gasteiger partial charge in [-0.05, 0) is 30.7 Å². The number of urea groups is 1. The molecule has 1 aromatic rings. The number of carbonyl (C=O) groups excluding carboxylic acids is 2. The van der Waals surface area contributed by atoms with Crippen LogP contribution in [0.1, 0.15) is 12.0 Å². The van der Waals surface area contributed by atoms with Gasteiger partial charge in [0.25, 0.3) is 0 Å². The molecule has 1 saturated heterocycles. The van der Waals surface area contributed by atoms with Crippen molar-refractivity contribution in [2.45, 2.75) is 18.6 Å². The summed E-state index contributed by atoms with van der Waals surface area (Å²) in [5, 5.41) is 2.48. The maximum atomic E-state index is 12.5. The molecule has 8 heteroatoms. The first kappa shape index (κ1) is 16.1. The molecule has 0 radical (unpaired) electrons. The number of likely N-dealkylation sites (tertiary alicyclic amines) is 1. The van der Waals surface area contributed by atoms with Crippen LogP contribution in [0, 0.1) is 0 Å². The molecule has 3 amide bonds. The molecular weight excluding hydrogens is 299 g/mol. The van der Waals surface area contributed by atoms with Crippen LogP contribution in [0.5, 0.6) is 0 Å². The Balaban J connectivity index is 2.01. The number of alkyl halides is 3. The normalized spacial score (nSPS) is 18.5. The van der Waals surface area contributed by atoms with Gasteiger partial charge in [0.2, 0.25) is 5.91 Å². The van der Waals surface area contributed by atoms with Crippen molar-refractivity contribution in [1.29, 1.82) is 0 Å². The van der Waals surface area contributed by atoms with Gasteiger partial charge in [-0.2, -0.15) is 13.2 Å². The summed E-state index contributed by atoms with van der Waals surface area (Å²) < 4.78 is 37.4. The van der Waals surface area contributed by atoms with Crippen LogP contribution < -0.4 is 5.32 Å². The average molecular weight is 315 g/mol. The zero-order chi connectivity index (χ0) is 16.5. The van der Waals surface area contributed by atoms with Crippen molar-refractivity contribution >= 4 is 17.6 Å². The fraction of sp³-hybridized carbons (Fsp3) is 0.429. The molecule has 0 aliphatic carbocycles. The molecule has 0 bridgehead atoms. The van der Waals surface area contributed by atoms with Crippen LogP contribution in [0.15, 0.2) is 24.3 Å². The van der Waals surface area contributed by atoms with Crippen molar-refractivity contribution in [1.82, 2.24) is 9.80 Å². The van der Waals surface area contributed by atoms with Crippen LogP contribution in [0.2, 0.25) is 0 Å². The molecule has 1 aromatic carbocycles. The van der Waals surface area contributed by atoms with Gasteiger partial charge >= 0.3 is 12.2 Å². The second-order valence-electron chi connectivity index (χ2n) is 5.18. The molecule has 0 aromatic heterocycles. The standard InChI is InChI=1S/C14H16F3N3O2/c1-19-8-7-11(12(19)21)20(2)13(22)18-10-5-3-9(4-6-10)14(15,16)17/h3-6,11H,7-8H2,1-2H3,(H,18,22). The van der Waals surface area contributed by atoms with Crippen LogP contribution in [0.4, 0.5) is 23.7 Å². The van der Waals surface area contributed by atoms with E-state index in [0.29, 0.717) is 13.0 Å². The number of amides is 3. The van der Waals surface area contributed by atoms with E-state index in [0.717, 1.165) is 12.1 Å². The number of carbonyl (C=O) groups is 2. The molecule has 2 rings (SSSR count). The van der Waals surface area contributed by atoms with E-state index in [-0.39, 0.29) is 11.6 Å². The quantitative estimate of drug-likeness (QED) is 0.911. The van der Waals surface area contributed by atoms with Crippen LogP contribution in [-0.4, -0.2) is 48.4 Å². The number of nitrogens with zero attached hydrogens (tertiary/aromatic N) is 2. The first-order valence-corrected chi connectivity index (χ1v) is 6.66. The highest BCUT2D eigenvalue weighted by molar-refractivity contribution is 5.94. The van der Waals surface area contributed by atoms with Crippen LogP contribution in [0.25, 0.3) is 0 Å². The molecule has 5 nitrogen and oxygen atoms in total. The monoisotopic (exact) mass is 315 g/mol. The van der Waals surface area contributed by atoms with Crippen LogP contribution in [-0.2, 0) is 11.0 Å². The van der Waals surface area contributed by atoms with E-state index in [4.69, 9.17) is 0 Å². The Morgan fingerprint density at radius 3 is 2.36 bits per heavy atom. The number of hydrogen-bond acceptors (Lipinski definition) is 2. The third-order valence-electron chi connectivity index (χ3n) is 3.65. The second-order valence-corrected chi connectivity index (χ2v) is 5.18. The molecule has 0 saturated carbocycles. The maximum absolute atomic E-state index is 12.5. The van der Waals surface area contributed by atoms with Gasteiger partial charge in [0.05, 0.1) is 5.56 Å². The van der Waals surface area contributed by atoms with E-state index in [1.165, 1.54) is 29.0 Å². The highest BCUT2D eigenvalue weighted by Crippen LogP contribution is 2.29. The maximum Gasteiger partial charge on any atom is 0.416 e. The van der Waals surface area contributed by atoms with Gasteiger partial charge in [0, 0.05) is 26.3 Å². The minimum absolute atomic E-state index is 0.148. The highest BCUT2D eigenvalue weighted by atomic mass is 19.4. The summed E-state index contributed by atoms with van der Waals surface area (Å²) in [5.41, 5.74) is -0.546. The van der Waals surface area contributed by atoms with Crippen molar-refractivity contribution in [3.63, 3.8) is 0 Å². The van der Waals surface area contributed by atoms with Crippen LogP contribution >= 0.6 is 0 Å². The summed E-state index contributed by atoms with van der Waals surface area (Å²) in [7, 11) is 3.14. The highest BCUT2D eigenvalue weighted by Gasteiger charge is 2.34. The van der Waals surface area contributed by atoms with Crippen molar-refractivity contribution in [3.8, 4) is 0 Å². The minimum atomic E-state index is -4.42. The number of hydrogen-bond donors (Lipinski definition) is 1. The summed E-state index contributed by atoms with van der Waals surface area (Å²) in [6.45, 7) is 0.571. The molecule has 1 heterocycles. The number of nitrogens with one attached hydrogen (secondary N) is 1. The van der Waals surface area contributed by atoms with E-state index < -0.39 is 23.8 Å². The zero-order valence-corrected chi connectivity index (χ0v) is 12.1. The topological polar surface area (TPSA) is 52.6 Å². The molecule has 22 heavy (non-hydrogen) atoms. The van der Waals surface area contributed by atoms with Gasteiger partial charge < -0.3 is 15.1 Å². The first-order valence-electron chi connectivity index (χ1n) is 6.66. The number of halogens is 3. The van der Waals surface area contributed by atoms with Crippen molar-refractivity contribution < 1.29 is 22.8 Å². The fourth-order valence-corrected chi connectivity index (χ4v) is 2.26. The van der Waals surface area contributed by atoms with Gasteiger partial charge in [-0.25, -0.2) is 4.79 Å². The molecule has 1 fully saturated rings. The summed E-state index contributed by atoms with van der Waals surface area (Å²) in [5.74, 6) is -0.148. The zero-order valence-electron chi connectivity index (χ0n) is 12.1. The summed E-state index contributed by atoms with van der Waals surface area (Å²) >= 11 is 0. The largest absolute Gasteiger partial charge is 0.416 e. The Morgan fingerprint density at radius 2 is 1.91 bits per heavy atom. The second kappa shape index (κ2) is 5.86. The Labute approximate surface area is 125 Å². The lowest BCUT2D eigenvalue weighted by molar-refractivity contribution is -0.137. The Morgan fingerprint density at radius 1 is 1.32 bits per heavy atom. The third kappa shape index (κ3) is 3.32. The molecular formula is C14H16F3N3O2. The molecule has 1 aliphatic heterocycles. The lowest BCUT2D eigenvalue weighted by Crippen LogP contribution is -2.44. The van der Waals surface area contributed by atoms with E-state index in [1.54, 1.807) is 7.05 Å². The minimum Gasteiger partial charge on any atom is -0.344 e. The fourth-order valence-electron chi connectivity index (χ4n) is 2.26. The summed E-state index contributed by atoms with van der Waals surface area (Å²) in [6, 6.07) is 3.07. The first-order chi connectivity index (χ1) is 10.2. The van der Waals surface area contributed by atoms with Gasteiger partial charge in [0.1, 0.15) is 6.04 Å². The van der Waals surface area contributed by atoms with E-state index in [9.17, 15) is 22.8 Å². The third-order valence-corrected chi connectivity index (χ3v) is 3.65. The van der Waals surface area contributed by atoms with Crippen molar-refractivity contribution in [2.75, 3.05) is 26.0 Å². The summed E-state index contributed by atoms with van der Waals surface area (Å²) in [4.78, 5) is 26.7. The van der Waals surface area contributed by atoms with Crippen LogP contribution in [0.3, 0.4) is 0 Å². The van der Waals surface area contributed by atoms with E-state index in [2.05, 4.69) is 5.32 Å². The predicted molar refractivity (Wildman–Crippen MR) is 74.3 cm³/mol. The smallest absolute Gasteiger partial charge is 0.344 e. The molecule has 120 valence electrons. The van der Waals surface area contributed by atoms with E-state index >= 15 is 0 Å².